The molecule has 0 fully saturated rings. The zero-order chi connectivity index (χ0) is 16.8. The quantitative estimate of drug-likeness (QED) is 0.645. The molecule has 2 aromatic carbocycles. The van der Waals surface area contributed by atoms with Gasteiger partial charge < -0.3 is 21.1 Å². The lowest BCUT2D eigenvalue weighted by Gasteiger charge is -2.13. The second-order valence-corrected chi connectivity index (χ2v) is 5.18. The average molecular weight is 321 g/mol. The Hall–Kier alpha value is -3.28. The molecule has 24 heavy (non-hydrogen) atoms. The molecule has 0 aliphatic carbocycles. The van der Waals surface area contributed by atoms with E-state index in [0.717, 1.165) is 17.0 Å². The Morgan fingerprint density at radius 2 is 1.67 bits per heavy atom. The van der Waals surface area contributed by atoms with Gasteiger partial charge in [0, 0.05) is 12.2 Å². The van der Waals surface area contributed by atoms with Crippen LogP contribution >= 0.6 is 0 Å². The number of hydrogen-bond donors (Lipinski definition) is 3. The van der Waals surface area contributed by atoms with Crippen molar-refractivity contribution < 1.29 is 4.74 Å². The van der Waals surface area contributed by atoms with Crippen LogP contribution in [-0.4, -0.2) is 17.1 Å². The fourth-order valence-electron chi connectivity index (χ4n) is 2.23. The van der Waals surface area contributed by atoms with E-state index in [0.29, 0.717) is 23.9 Å². The van der Waals surface area contributed by atoms with E-state index in [2.05, 4.69) is 20.6 Å². The molecular formula is C18H19N5O. The van der Waals surface area contributed by atoms with Gasteiger partial charge in [0.05, 0.1) is 7.11 Å². The Bertz CT molecular complexity index is 790. The molecule has 3 rings (SSSR count). The van der Waals surface area contributed by atoms with E-state index < -0.39 is 0 Å². The molecule has 0 amide bonds. The van der Waals surface area contributed by atoms with Crippen LogP contribution in [0, 0.1) is 0 Å². The Morgan fingerprint density at radius 1 is 0.958 bits per heavy atom. The molecule has 6 nitrogen and oxygen atoms in total. The van der Waals surface area contributed by atoms with Crippen molar-refractivity contribution in [1.82, 2.24) is 9.97 Å². The minimum Gasteiger partial charge on any atom is -0.497 e. The molecule has 0 saturated carbocycles. The van der Waals surface area contributed by atoms with Crippen molar-refractivity contribution in [2.24, 2.45) is 0 Å². The lowest BCUT2D eigenvalue weighted by Crippen LogP contribution is -2.08. The summed E-state index contributed by atoms with van der Waals surface area (Å²) in [6, 6.07) is 17.6. The summed E-state index contributed by atoms with van der Waals surface area (Å²) in [5.74, 6) is 1.96. The molecule has 0 bridgehead atoms. The van der Waals surface area contributed by atoms with Crippen molar-refractivity contribution in [2.45, 2.75) is 6.54 Å². The third kappa shape index (κ3) is 3.73. The molecule has 0 aliphatic heterocycles. The lowest BCUT2D eigenvalue weighted by atomic mass is 10.2. The van der Waals surface area contributed by atoms with Gasteiger partial charge in [-0.25, -0.2) is 9.97 Å². The first-order chi connectivity index (χ1) is 11.8. The molecule has 0 atom stereocenters. The van der Waals surface area contributed by atoms with E-state index in [4.69, 9.17) is 10.5 Å². The molecule has 1 heterocycles. The minimum atomic E-state index is 0.476. The molecule has 3 aromatic rings. The van der Waals surface area contributed by atoms with Gasteiger partial charge in [0.2, 0.25) is 0 Å². The van der Waals surface area contributed by atoms with Gasteiger partial charge in [-0.2, -0.15) is 0 Å². The zero-order valence-corrected chi connectivity index (χ0v) is 13.4. The van der Waals surface area contributed by atoms with Gasteiger partial charge >= 0.3 is 0 Å². The number of ether oxygens (including phenoxy) is 1. The molecule has 0 aliphatic rings. The van der Waals surface area contributed by atoms with Crippen LogP contribution in [0.4, 0.5) is 23.0 Å². The van der Waals surface area contributed by atoms with Crippen molar-refractivity contribution in [3.05, 3.63) is 66.5 Å². The zero-order valence-electron chi connectivity index (χ0n) is 13.4. The van der Waals surface area contributed by atoms with Crippen molar-refractivity contribution >= 4 is 23.0 Å². The second-order valence-electron chi connectivity index (χ2n) is 5.18. The van der Waals surface area contributed by atoms with Crippen molar-refractivity contribution in [1.29, 1.82) is 0 Å². The standard InChI is InChI=1S/C18H19N5O/c1-24-15-9-7-14(8-10-15)23-18-16(19)17(21-12-22-18)20-11-13-5-3-2-4-6-13/h2-10,12H,11,19H2,1H3,(H2,20,21,22,23). The molecule has 0 saturated heterocycles. The Kier molecular flexibility index (Phi) is 4.76. The first-order valence-electron chi connectivity index (χ1n) is 7.55. The number of rotatable bonds is 6. The first kappa shape index (κ1) is 15.6. The lowest BCUT2D eigenvalue weighted by molar-refractivity contribution is 0.415. The fourth-order valence-corrected chi connectivity index (χ4v) is 2.23. The number of nitrogens with zero attached hydrogens (tertiary/aromatic N) is 2. The van der Waals surface area contributed by atoms with Gasteiger partial charge in [0.15, 0.2) is 11.6 Å². The number of benzene rings is 2. The SMILES string of the molecule is COc1ccc(Nc2ncnc(NCc3ccccc3)c2N)cc1. The maximum atomic E-state index is 6.18. The van der Waals surface area contributed by atoms with E-state index in [1.54, 1.807) is 7.11 Å². The predicted molar refractivity (Wildman–Crippen MR) is 96.5 cm³/mol. The summed E-state index contributed by atoms with van der Waals surface area (Å²) >= 11 is 0. The molecule has 6 heteroatoms. The average Bonchev–Trinajstić information content (AvgIpc) is 2.64. The molecule has 0 radical (unpaired) electrons. The maximum absolute atomic E-state index is 6.18. The highest BCUT2D eigenvalue weighted by molar-refractivity contribution is 5.77. The van der Waals surface area contributed by atoms with Crippen LogP contribution in [0.3, 0.4) is 0 Å². The van der Waals surface area contributed by atoms with Gasteiger partial charge in [-0.3, -0.25) is 0 Å². The summed E-state index contributed by atoms with van der Waals surface area (Å²) < 4.78 is 5.15. The first-order valence-corrected chi connectivity index (χ1v) is 7.55. The fraction of sp³-hybridized carbons (Fsp3) is 0.111. The summed E-state index contributed by atoms with van der Waals surface area (Å²) in [6.07, 6.45) is 1.48. The van der Waals surface area contributed by atoms with Crippen LogP contribution < -0.4 is 21.1 Å². The normalized spacial score (nSPS) is 10.2. The number of nitrogens with one attached hydrogen (secondary N) is 2. The van der Waals surface area contributed by atoms with E-state index in [1.807, 2.05) is 54.6 Å². The predicted octanol–water partition coefficient (Wildman–Crippen LogP) is 3.42. The number of nitrogen functional groups attached to an aromatic ring is 1. The van der Waals surface area contributed by atoms with Crippen molar-refractivity contribution in [3.8, 4) is 5.75 Å². The third-order valence-corrected chi connectivity index (χ3v) is 3.54. The van der Waals surface area contributed by atoms with Crippen LogP contribution in [0.1, 0.15) is 5.56 Å². The minimum absolute atomic E-state index is 0.476. The highest BCUT2D eigenvalue weighted by Crippen LogP contribution is 2.26. The monoisotopic (exact) mass is 321 g/mol. The van der Waals surface area contributed by atoms with Crippen LogP contribution in [0.2, 0.25) is 0 Å². The highest BCUT2D eigenvalue weighted by atomic mass is 16.5. The number of hydrogen-bond acceptors (Lipinski definition) is 6. The molecule has 0 spiro atoms. The summed E-state index contributed by atoms with van der Waals surface area (Å²) in [5, 5.41) is 6.43. The highest BCUT2D eigenvalue weighted by Gasteiger charge is 2.08. The van der Waals surface area contributed by atoms with Gasteiger partial charge in [-0.05, 0) is 29.8 Å². The van der Waals surface area contributed by atoms with Gasteiger partial charge in [-0.15, -0.1) is 0 Å². The maximum Gasteiger partial charge on any atom is 0.159 e. The summed E-state index contributed by atoms with van der Waals surface area (Å²) in [4.78, 5) is 8.43. The van der Waals surface area contributed by atoms with Crippen LogP contribution in [0.5, 0.6) is 5.75 Å². The third-order valence-electron chi connectivity index (χ3n) is 3.54. The number of anilines is 4. The second kappa shape index (κ2) is 7.32. The van der Waals surface area contributed by atoms with Crippen molar-refractivity contribution in [2.75, 3.05) is 23.5 Å². The summed E-state index contributed by atoms with van der Waals surface area (Å²) in [6.45, 7) is 0.643. The Labute approximate surface area is 140 Å². The van der Waals surface area contributed by atoms with E-state index in [9.17, 15) is 0 Å². The molecule has 1 aromatic heterocycles. The summed E-state index contributed by atoms with van der Waals surface area (Å²) in [5.41, 5.74) is 8.68. The largest absolute Gasteiger partial charge is 0.497 e. The topological polar surface area (TPSA) is 85.1 Å². The van der Waals surface area contributed by atoms with E-state index in [1.165, 1.54) is 6.33 Å². The van der Waals surface area contributed by atoms with E-state index >= 15 is 0 Å². The molecule has 122 valence electrons. The smallest absolute Gasteiger partial charge is 0.159 e. The van der Waals surface area contributed by atoms with Crippen molar-refractivity contribution in [3.63, 3.8) is 0 Å². The Balaban J connectivity index is 1.72. The number of aromatic nitrogens is 2. The van der Waals surface area contributed by atoms with Gasteiger partial charge in [0.25, 0.3) is 0 Å². The van der Waals surface area contributed by atoms with E-state index in [-0.39, 0.29) is 0 Å². The van der Waals surface area contributed by atoms with Crippen LogP contribution in [0.15, 0.2) is 60.9 Å². The van der Waals surface area contributed by atoms with Crippen LogP contribution in [-0.2, 0) is 6.54 Å². The molecule has 4 N–H and O–H groups in total. The molecule has 0 unspecified atom stereocenters. The summed E-state index contributed by atoms with van der Waals surface area (Å²) in [7, 11) is 1.63. The number of methoxy groups -OCH3 is 1. The Morgan fingerprint density at radius 3 is 2.38 bits per heavy atom. The van der Waals surface area contributed by atoms with Gasteiger partial charge in [0.1, 0.15) is 17.8 Å². The molecular weight excluding hydrogens is 302 g/mol. The van der Waals surface area contributed by atoms with Gasteiger partial charge in [-0.1, -0.05) is 30.3 Å². The van der Waals surface area contributed by atoms with Crippen LogP contribution in [0.25, 0.3) is 0 Å². The number of nitrogens with two attached hydrogens (primary N) is 1.